The van der Waals surface area contributed by atoms with Crippen LogP contribution in [0.5, 0.6) is 5.75 Å². The fraction of sp³-hybridized carbons (Fsp3) is 0.286. The molecule has 0 atom stereocenters. The van der Waals surface area contributed by atoms with Gasteiger partial charge in [-0.1, -0.05) is 0 Å². The molecule has 0 fully saturated rings. The van der Waals surface area contributed by atoms with Crippen molar-refractivity contribution >= 4 is 16.7 Å². The van der Waals surface area contributed by atoms with Crippen molar-refractivity contribution < 1.29 is 9.53 Å². The van der Waals surface area contributed by atoms with Crippen molar-refractivity contribution in [1.82, 2.24) is 4.98 Å². The minimum atomic E-state index is 0.0604. The Morgan fingerprint density at radius 2 is 2.00 bits per heavy atom. The van der Waals surface area contributed by atoms with Gasteiger partial charge < -0.3 is 4.74 Å². The third-order valence-corrected chi connectivity index (χ3v) is 2.99. The van der Waals surface area contributed by atoms with Crippen molar-refractivity contribution in [3.63, 3.8) is 0 Å². The molecule has 0 bridgehead atoms. The normalized spacial score (nSPS) is 10.6. The lowest BCUT2D eigenvalue weighted by atomic mass is 9.99. The fourth-order valence-electron chi connectivity index (χ4n) is 2.21. The van der Waals surface area contributed by atoms with Crippen LogP contribution in [0.3, 0.4) is 0 Å². The van der Waals surface area contributed by atoms with Gasteiger partial charge in [-0.05, 0) is 38.5 Å². The Balaban J connectivity index is 2.81. The quantitative estimate of drug-likeness (QED) is 0.743. The summed E-state index contributed by atoms with van der Waals surface area (Å²) < 4.78 is 5.17. The first-order chi connectivity index (χ1) is 8.04. The molecule has 0 aliphatic carbocycles. The molecule has 2 aromatic rings. The van der Waals surface area contributed by atoms with E-state index in [0.717, 1.165) is 33.5 Å². The fourth-order valence-corrected chi connectivity index (χ4v) is 2.21. The molecule has 0 aliphatic heterocycles. The van der Waals surface area contributed by atoms with E-state index >= 15 is 0 Å². The lowest BCUT2D eigenvalue weighted by molar-refractivity contribution is 0.101. The second-order valence-corrected chi connectivity index (χ2v) is 4.14. The largest absolute Gasteiger partial charge is 0.497 e. The van der Waals surface area contributed by atoms with E-state index in [2.05, 4.69) is 4.98 Å². The van der Waals surface area contributed by atoms with Crippen molar-refractivity contribution in [2.75, 3.05) is 7.11 Å². The van der Waals surface area contributed by atoms with Gasteiger partial charge in [-0.15, -0.1) is 0 Å². The van der Waals surface area contributed by atoms with Crippen LogP contribution in [0.15, 0.2) is 18.2 Å². The molecule has 3 heteroatoms. The average molecular weight is 229 g/mol. The van der Waals surface area contributed by atoms with E-state index in [9.17, 15) is 4.79 Å². The van der Waals surface area contributed by atoms with Gasteiger partial charge in [-0.3, -0.25) is 9.78 Å². The maximum Gasteiger partial charge on any atom is 0.161 e. The van der Waals surface area contributed by atoms with Gasteiger partial charge in [0.25, 0.3) is 0 Å². The number of methoxy groups -OCH3 is 1. The van der Waals surface area contributed by atoms with Crippen LogP contribution in [0.4, 0.5) is 0 Å². The SMILES string of the molecule is COc1ccc2c(C)c(C(C)=O)c(C)nc2c1. The van der Waals surface area contributed by atoms with Gasteiger partial charge in [0.2, 0.25) is 0 Å². The maximum absolute atomic E-state index is 11.6. The number of Topliss-reactive ketones (excluding diaryl/α,β-unsaturated/α-hetero) is 1. The topological polar surface area (TPSA) is 39.2 Å². The molecule has 88 valence electrons. The number of fused-ring (bicyclic) bond motifs is 1. The molecule has 0 radical (unpaired) electrons. The predicted molar refractivity (Wildman–Crippen MR) is 67.8 cm³/mol. The summed E-state index contributed by atoms with van der Waals surface area (Å²) in [4.78, 5) is 16.1. The summed E-state index contributed by atoms with van der Waals surface area (Å²) in [7, 11) is 1.63. The van der Waals surface area contributed by atoms with E-state index in [1.165, 1.54) is 0 Å². The summed E-state index contributed by atoms with van der Waals surface area (Å²) >= 11 is 0. The van der Waals surface area contributed by atoms with Gasteiger partial charge in [0.15, 0.2) is 5.78 Å². The van der Waals surface area contributed by atoms with Gasteiger partial charge in [0.05, 0.1) is 12.6 Å². The molecule has 1 aromatic carbocycles. The summed E-state index contributed by atoms with van der Waals surface area (Å²) in [5.41, 5.74) is 3.35. The van der Waals surface area contributed by atoms with Crippen LogP contribution < -0.4 is 4.74 Å². The molecule has 0 saturated carbocycles. The molecule has 3 nitrogen and oxygen atoms in total. The zero-order chi connectivity index (χ0) is 12.6. The number of carbonyl (C=O) groups is 1. The van der Waals surface area contributed by atoms with Gasteiger partial charge >= 0.3 is 0 Å². The minimum Gasteiger partial charge on any atom is -0.497 e. The van der Waals surface area contributed by atoms with Gasteiger partial charge in [-0.25, -0.2) is 0 Å². The summed E-state index contributed by atoms with van der Waals surface area (Å²) in [6, 6.07) is 5.72. The Morgan fingerprint density at radius 1 is 1.29 bits per heavy atom. The first-order valence-electron chi connectivity index (χ1n) is 5.50. The van der Waals surface area contributed by atoms with E-state index in [-0.39, 0.29) is 5.78 Å². The van der Waals surface area contributed by atoms with Crippen LogP contribution in [-0.2, 0) is 0 Å². The number of benzene rings is 1. The molecule has 0 N–H and O–H groups in total. The molecule has 1 aromatic heterocycles. The zero-order valence-corrected chi connectivity index (χ0v) is 10.5. The van der Waals surface area contributed by atoms with Crippen molar-refractivity contribution in [3.8, 4) is 5.75 Å². The van der Waals surface area contributed by atoms with Crippen LogP contribution in [0.25, 0.3) is 10.9 Å². The zero-order valence-electron chi connectivity index (χ0n) is 10.5. The number of hydrogen-bond donors (Lipinski definition) is 0. The number of nitrogens with zero attached hydrogens (tertiary/aromatic N) is 1. The van der Waals surface area contributed by atoms with Crippen molar-refractivity contribution in [1.29, 1.82) is 0 Å². The monoisotopic (exact) mass is 229 g/mol. The third kappa shape index (κ3) is 1.88. The van der Waals surface area contributed by atoms with Gasteiger partial charge in [-0.2, -0.15) is 0 Å². The predicted octanol–water partition coefficient (Wildman–Crippen LogP) is 3.06. The third-order valence-electron chi connectivity index (χ3n) is 2.99. The Hall–Kier alpha value is -1.90. The smallest absolute Gasteiger partial charge is 0.161 e. The van der Waals surface area contributed by atoms with E-state index in [1.54, 1.807) is 14.0 Å². The first-order valence-corrected chi connectivity index (χ1v) is 5.50. The van der Waals surface area contributed by atoms with Crippen LogP contribution in [0.1, 0.15) is 28.5 Å². The molecule has 0 amide bonds. The number of hydrogen-bond acceptors (Lipinski definition) is 3. The molecular weight excluding hydrogens is 214 g/mol. The van der Waals surface area contributed by atoms with Crippen molar-refractivity contribution in [2.45, 2.75) is 20.8 Å². The number of ketones is 1. The molecule has 1 heterocycles. The highest BCUT2D eigenvalue weighted by Crippen LogP contribution is 2.26. The van der Waals surface area contributed by atoms with Gasteiger partial charge in [0, 0.05) is 22.7 Å². The second-order valence-electron chi connectivity index (χ2n) is 4.14. The second kappa shape index (κ2) is 4.17. The van der Waals surface area contributed by atoms with E-state index in [1.807, 2.05) is 32.0 Å². The van der Waals surface area contributed by atoms with Crippen molar-refractivity contribution in [3.05, 3.63) is 35.0 Å². The molecule has 0 spiro atoms. The summed E-state index contributed by atoms with van der Waals surface area (Å²) in [6.07, 6.45) is 0. The maximum atomic E-state index is 11.6. The van der Waals surface area contributed by atoms with E-state index < -0.39 is 0 Å². The van der Waals surface area contributed by atoms with E-state index in [0.29, 0.717) is 0 Å². The number of aryl methyl sites for hydroxylation is 2. The minimum absolute atomic E-state index is 0.0604. The first kappa shape index (κ1) is 11.6. The molecule has 17 heavy (non-hydrogen) atoms. The van der Waals surface area contributed by atoms with Crippen LogP contribution in [0, 0.1) is 13.8 Å². The van der Waals surface area contributed by atoms with E-state index in [4.69, 9.17) is 4.74 Å². The molecule has 2 rings (SSSR count). The van der Waals surface area contributed by atoms with Crippen LogP contribution in [0.2, 0.25) is 0 Å². The highest BCUT2D eigenvalue weighted by atomic mass is 16.5. The summed E-state index contributed by atoms with van der Waals surface area (Å²) in [5.74, 6) is 0.838. The number of rotatable bonds is 2. The summed E-state index contributed by atoms with van der Waals surface area (Å²) in [6.45, 7) is 5.40. The van der Waals surface area contributed by atoms with Gasteiger partial charge in [0.1, 0.15) is 5.75 Å². The lowest BCUT2D eigenvalue weighted by Crippen LogP contribution is -2.03. The highest BCUT2D eigenvalue weighted by molar-refractivity contribution is 6.01. The Morgan fingerprint density at radius 3 is 2.59 bits per heavy atom. The Bertz CT molecular complexity index is 603. The molecular formula is C14H15NO2. The van der Waals surface area contributed by atoms with Crippen LogP contribution >= 0.6 is 0 Å². The molecule has 0 unspecified atom stereocenters. The van der Waals surface area contributed by atoms with Crippen LogP contribution in [-0.4, -0.2) is 17.9 Å². The standard InChI is InChI=1S/C14H15NO2/c1-8-12-6-5-11(17-4)7-13(12)15-9(2)14(8)10(3)16/h5-7H,1-4H3. The number of ether oxygens (including phenoxy) is 1. The number of pyridine rings is 1. The van der Waals surface area contributed by atoms with Crippen molar-refractivity contribution in [2.24, 2.45) is 0 Å². The lowest BCUT2D eigenvalue weighted by Gasteiger charge is -2.10. The average Bonchev–Trinajstić information content (AvgIpc) is 2.27. The molecule has 0 saturated heterocycles. The number of carbonyl (C=O) groups excluding carboxylic acids is 1. The summed E-state index contributed by atoms with van der Waals surface area (Å²) in [5, 5.41) is 1.00. The Kier molecular flexibility index (Phi) is 2.84. The number of aromatic nitrogens is 1. The Labute approximate surface area is 100 Å². The molecule has 0 aliphatic rings. The highest BCUT2D eigenvalue weighted by Gasteiger charge is 2.13.